The summed E-state index contributed by atoms with van der Waals surface area (Å²) in [5.41, 5.74) is 6.43. The van der Waals surface area contributed by atoms with Gasteiger partial charge in [0.2, 0.25) is 5.91 Å². The van der Waals surface area contributed by atoms with Crippen molar-refractivity contribution in [3.05, 3.63) is 107 Å². The number of nitrogens with two attached hydrogens (primary N) is 1. The maximum Gasteiger partial charge on any atom is 0.341 e. The number of benzene rings is 3. The van der Waals surface area contributed by atoms with Crippen LogP contribution in [0.1, 0.15) is 27.9 Å². The Labute approximate surface area is 203 Å². The largest absolute Gasteiger partial charge is 0.456 e. The predicted molar refractivity (Wildman–Crippen MR) is 128 cm³/mol. The van der Waals surface area contributed by atoms with Crippen molar-refractivity contribution in [2.45, 2.75) is 11.8 Å². The average molecular weight is 480 g/mol. The number of ether oxygens (including phenoxy) is 1. The highest BCUT2D eigenvalue weighted by atomic mass is 19.2. The smallest absolute Gasteiger partial charge is 0.341 e. The first kappa shape index (κ1) is 24.5. The van der Waals surface area contributed by atoms with Crippen LogP contribution in [0.5, 0.6) is 0 Å². The quantitative estimate of drug-likeness (QED) is 0.391. The summed E-state index contributed by atoms with van der Waals surface area (Å²) in [5, 5.41) is 0. The van der Waals surface area contributed by atoms with Crippen LogP contribution in [0.3, 0.4) is 0 Å². The van der Waals surface area contributed by atoms with Gasteiger partial charge in [-0.15, -0.1) is 0 Å². The minimum absolute atomic E-state index is 0.0399. The van der Waals surface area contributed by atoms with Crippen molar-refractivity contribution in [2.24, 2.45) is 11.7 Å². The standard InChI is InChI=1S/C28H28F2N2O3/c1-32(17-18-35-26(33)23-13-8-14-24(29)25(23)30)16-15-22(19-32)28(27(31)34,20-9-4-2-5-10-20)21-11-6-3-7-12-21/h2-14,22H,15-19H2,1H3,(H-,31,34)/p+1. The summed E-state index contributed by atoms with van der Waals surface area (Å²) >= 11 is 0. The lowest BCUT2D eigenvalue weighted by Crippen LogP contribution is -2.51. The molecule has 3 aromatic rings. The second-order valence-electron chi connectivity index (χ2n) is 9.38. The van der Waals surface area contributed by atoms with Gasteiger partial charge in [0, 0.05) is 12.3 Å². The lowest BCUT2D eigenvalue weighted by atomic mass is 9.64. The van der Waals surface area contributed by atoms with Gasteiger partial charge >= 0.3 is 5.97 Å². The van der Waals surface area contributed by atoms with Crippen LogP contribution in [0, 0.1) is 17.6 Å². The fourth-order valence-electron chi connectivity index (χ4n) is 5.36. The lowest BCUT2D eigenvalue weighted by Gasteiger charge is -2.38. The Bertz CT molecular complexity index is 1160. The van der Waals surface area contributed by atoms with Crippen molar-refractivity contribution in [1.29, 1.82) is 0 Å². The normalized spacial score (nSPS) is 19.9. The Hall–Kier alpha value is -3.58. The van der Waals surface area contributed by atoms with E-state index in [1.54, 1.807) is 0 Å². The third-order valence-corrected chi connectivity index (χ3v) is 7.17. The molecule has 0 aromatic heterocycles. The van der Waals surface area contributed by atoms with E-state index in [9.17, 15) is 18.4 Å². The molecule has 4 rings (SSSR count). The molecule has 7 heteroatoms. The Balaban J connectivity index is 1.54. The number of esters is 1. The zero-order valence-electron chi connectivity index (χ0n) is 19.6. The first-order valence-corrected chi connectivity index (χ1v) is 11.6. The number of likely N-dealkylation sites (N-methyl/N-ethyl adjacent to an activating group) is 1. The SMILES string of the molecule is C[N+]1(CCOC(=O)c2cccc(F)c2F)CCC(C(C(N)=O)(c2ccccc2)c2ccccc2)C1. The number of amides is 1. The molecule has 0 bridgehead atoms. The highest BCUT2D eigenvalue weighted by Crippen LogP contribution is 2.44. The molecule has 2 atom stereocenters. The monoisotopic (exact) mass is 479 g/mol. The molecule has 0 aliphatic carbocycles. The molecule has 1 fully saturated rings. The molecule has 35 heavy (non-hydrogen) atoms. The van der Waals surface area contributed by atoms with Gasteiger partial charge in [-0.1, -0.05) is 66.7 Å². The fraction of sp³-hybridized carbons (Fsp3) is 0.286. The number of hydrogen-bond donors (Lipinski definition) is 1. The van der Waals surface area contributed by atoms with E-state index in [0.717, 1.165) is 30.2 Å². The highest BCUT2D eigenvalue weighted by molar-refractivity contribution is 5.91. The Kier molecular flexibility index (Phi) is 6.98. The van der Waals surface area contributed by atoms with Crippen molar-refractivity contribution < 1.29 is 27.6 Å². The molecule has 1 heterocycles. The molecule has 5 nitrogen and oxygen atoms in total. The van der Waals surface area contributed by atoms with E-state index in [-0.39, 0.29) is 12.5 Å². The van der Waals surface area contributed by atoms with E-state index in [1.165, 1.54) is 12.1 Å². The van der Waals surface area contributed by atoms with Gasteiger partial charge < -0.3 is 15.0 Å². The third kappa shape index (κ3) is 4.68. The Morgan fingerprint density at radius 3 is 2.14 bits per heavy atom. The number of carbonyl (C=O) groups excluding carboxylic acids is 2. The van der Waals surface area contributed by atoms with Gasteiger partial charge in [0.1, 0.15) is 18.6 Å². The number of hydrogen-bond acceptors (Lipinski definition) is 3. The molecule has 1 amide bonds. The number of rotatable bonds is 8. The van der Waals surface area contributed by atoms with Crippen LogP contribution in [0.25, 0.3) is 0 Å². The Morgan fingerprint density at radius 2 is 1.57 bits per heavy atom. The zero-order valence-corrected chi connectivity index (χ0v) is 19.6. The molecular formula is C28H29F2N2O3+. The van der Waals surface area contributed by atoms with Crippen molar-refractivity contribution in [3.63, 3.8) is 0 Å². The minimum atomic E-state index is -1.21. The highest BCUT2D eigenvalue weighted by Gasteiger charge is 2.53. The van der Waals surface area contributed by atoms with Gasteiger partial charge in [-0.25, -0.2) is 13.6 Å². The second-order valence-corrected chi connectivity index (χ2v) is 9.38. The van der Waals surface area contributed by atoms with Crippen LogP contribution >= 0.6 is 0 Å². The molecule has 1 aliphatic heterocycles. The van der Waals surface area contributed by atoms with E-state index in [1.807, 2.05) is 67.7 Å². The number of halogens is 2. The summed E-state index contributed by atoms with van der Waals surface area (Å²) in [4.78, 5) is 25.5. The van der Waals surface area contributed by atoms with Gasteiger partial charge in [-0.2, -0.15) is 0 Å². The topological polar surface area (TPSA) is 69.4 Å². The fourth-order valence-corrected chi connectivity index (χ4v) is 5.36. The van der Waals surface area contributed by atoms with Crippen LogP contribution in [-0.2, 0) is 14.9 Å². The van der Waals surface area contributed by atoms with E-state index in [2.05, 4.69) is 0 Å². The summed E-state index contributed by atoms with van der Waals surface area (Å²) in [6, 6.07) is 22.6. The van der Waals surface area contributed by atoms with Gasteiger partial charge in [-0.3, -0.25) is 4.79 Å². The maximum atomic E-state index is 13.9. The van der Waals surface area contributed by atoms with Crippen molar-refractivity contribution in [1.82, 2.24) is 0 Å². The zero-order chi connectivity index (χ0) is 25.1. The number of primary amides is 1. The van der Waals surface area contributed by atoms with Gasteiger partial charge in [0.25, 0.3) is 0 Å². The summed E-state index contributed by atoms with van der Waals surface area (Å²) in [6.45, 7) is 1.90. The molecular weight excluding hydrogens is 450 g/mol. The van der Waals surface area contributed by atoms with E-state index < -0.39 is 34.5 Å². The molecule has 2 unspecified atom stereocenters. The maximum absolute atomic E-state index is 13.9. The number of quaternary nitrogens is 1. The summed E-state index contributed by atoms with van der Waals surface area (Å²) in [6.07, 6.45) is 0.746. The van der Waals surface area contributed by atoms with Crippen LogP contribution in [0.15, 0.2) is 78.9 Å². The minimum Gasteiger partial charge on any atom is -0.456 e. The van der Waals surface area contributed by atoms with Gasteiger partial charge in [-0.05, 0) is 23.3 Å². The molecule has 1 saturated heterocycles. The van der Waals surface area contributed by atoms with E-state index >= 15 is 0 Å². The molecule has 0 radical (unpaired) electrons. The van der Waals surface area contributed by atoms with Gasteiger partial charge in [0.15, 0.2) is 11.6 Å². The Morgan fingerprint density at radius 1 is 0.971 bits per heavy atom. The summed E-state index contributed by atoms with van der Waals surface area (Å²) < 4.78 is 33.2. The third-order valence-electron chi connectivity index (χ3n) is 7.17. The van der Waals surface area contributed by atoms with E-state index in [4.69, 9.17) is 10.5 Å². The number of carbonyl (C=O) groups is 2. The molecule has 0 saturated carbocycles. The van der Waals surface area contributed by atoms with Crippen molar-refractivity contribution in [2.75, 3.05) is 33.3 Å². The predicted octanol–water partition coefficient (Wildman–Crippen LogP) is 4.06. The van der Waals surface area contributed by atoms with Crippen LogP contribution in [0.2, 0.25) is 0 Å². The second kappa shape index (κ2) is 9.96. The van der Waals surface area contributed by atoms with Crippen molar-refractivity contribution in [3.8, 4) is 0 Å². The first-order chi connectivity index (χ1) is 16.8. The van der Waals surface area contributed by atoms with E-state index in [0.29, 0.717) is 17.6 Å². The molecule has 182 valence electrons. The summed E-state index contributed by atoms with van der Waals surface area (Å²) in [5.74, 6) is -3.68. The average Bonchev–Trinajstić information content (AvgIpc) is 3.24. The first-order valence-electron chi connectivity index (χ1n) is 11.6. The van der Waals surface area contributed by atoms with Crippen molar-refractivity contribution >= 4 is 11.9 Å². The van der Waals surface area contributed by atoms with Crippen LogP contribution < -0.4 is 5.73 Å². The molecule has 0 spiro atoms. The molecule has 2 N–H and O–H groups in total. The van der Waals surface area contributed by atoms with Crippen LogP contribution in [0.4, 0.5) is 8.78 Å². The van der Waals surface area contributed by atoms with Gasteiger partial charge in [0.05, 0.1) is 25.7 Å². The number of nitrogens with zero attached hydrogens (tertiary/aromatic N) is 1. The van der Waals surface area contributed by atoms with Crippen LogP contribution in [-0.4, -0.2) is 49.6 Å². The summed E-state index contributed by atoms with van der Waals surface area (Å²) in [7, 11) is 2.04. The molecule has 3 aromatic carbocycles. The lowest BCUT2D eigenvalue weighted by molar-refractivity contribution is -0.899. The number of likely N-dealkylation sites (tertiary alicyclic amines) is 1. The molecule has 1 aliphatic rings.